The molecule has 0 unspecified atom stereocenters. The Labute approximate surface area is 188 Å². The van der Waals surface area contributed by atoms with Crippen LogP contribution in [0.3, 0.4) is 0 Å². The van der Waals surface area contributed by atoms with Gasteiger partial charge in [-0.1, -0.05) is 12.1 Å². The van der Waals surface area contributed by atoms with Crippen LogP contribution in [-0.2, 0) is 9.47 Å². The molecule has 0 aromatic heterocycles. The van der Waals surface area contributed by atoms with Gasteiger partial charge in [-0.05, 0) is 66.5 Å². The Hall–Kier alpha value is -3.10. The lowest BCUT2D eigenvalue weighted by Crippen LogP contribution is -2.47. The van der Waals surface area contributed by atoms with E-state index in [4.69, 9.17) is 9.47 Å². The molecule has 0 bridgehead atoms. The van der Waals surface area contributed by atoms with E-state index in [-0.39, 0.29) is 6.54 Å². The number of fused-ring (bicyclic) bond motifs is 1. The lowest BCUT2D eigenvalue weighted by atomic mass is 10.1. The van der Waals surface area contributed by atoms with E-state index in [0.717, 1.165) is 4.90 Å². The zero-order valence-corrected chi connectivity index (χ0v) is 19.6. The average molecular weight is 448 g/mol. The minimum atomic E-state index is -0.692. The summed E-state index contributed by atoms with van der Waals surface area (Å²) in [7, 11) is 0. The predicted molar refractivity (Wildman–Crippen MR) is 118 cm³/mol. The molecule has 0 saturated heterocycles. The number of hydrogen-bond donors (Lipinski definition) is 2. The van der Waals surface area contributed by atoms with Crippen LogP contribution in [-0.4, -0.2) is 59.2 Å². The number of rotatable bonds is 7. The standard InChI is InChI=1S/C23H33N3O6/c1-22(2,3)31-20(29)24-13-9-10-15(25-21(30)32-23(4,5)6)14-26-18(27)16-11-7-8-12-17(16)19(26)28/h7-8,11-12,15H,9-10,13-14H2,1-6H3,(H,24,29)(H,25,30)/t15-/m0/s1. The van der Waals surface area contributed by atoms with Crippen LogP contribution in [0.5, 0.6) is 0 Å². The number of carbonyl (C=O) groups is 4. The lowest BCUT2D eigenvalue weighted by Gasteiger charge is -2.26. The van der Waals surface area contributed by atoms with Crippen LogP contribution in [0.25, 0.3) is 0 Å². The summed E-state index contributed by atoms with van der Waals surface area (Å²) in [5, 5.41) is 5.40. The van der Waals surface area contributed by atoms with E-state index in [0.29, 0.717) is 30.5 Å². The summed E-state index contributed by atoms with van der Waals surface area (Å²) in [6, 6.07) is 6.07. The normalized spacial score (nSPS) is 14.6. The first-order chi connectivity index (χ1) is 14.8. The summed E-state index contributed by atoms with van der Waals surface area (Å²) in [5.41, 5.74) is -0.598. The van der Waals surface area contributed by atoms with E-state index in [1.807, 2.05) is 0 Å². The van der Waals surface area contributed by atoms with Crippen molar-refractivity contribution in [2.75, 3.05) is 13.1 Å². The molecule has 0 saturated carbocycles. The van der Waals surface area contributed by atoms with Gasteiger partial charge in [-0.25, -0.2) is 9.59 Å². The van der Waals surface area contributed by atoms with E-state index in [9.17, 15) is 19.2 Å². The van der Waals surface area contributed by atoms with Gasteiger partial charge in [0, 0.05) is 13.1 Å². The second-order valence-corrected chi connectivity index (χ2v) is 9.68. The van der Waals surface area contributed by atoms with Crippen LogP contribution in [0.15, 0.2) is 24.3 Å². The number of ether oxygens (including phenoxy) is 2. The van der Waals surface area contributed by atoms with Crippen molar-refractivity contribution >= 4 is 24.0 Å². The van der Waals surface area contributed by atoms with Crippen LogP contribution in [0.1, 0.15) is 75.1 Å². The molecule has 1 heterocycles. The van der Waals surface area contributed by atoms with Crippen LogP contribution in [0.4, 0.5) is 9.59 Å². The number of amides is 4. The van der Waals surface area contributed by atoms with Crippen molar-refractivity contribution in [3.63, 3.8) is 0 Å². The molecule has 0 aliphatic carbocycles. The van der Waals surface area contributed by atoms with E-state index in [2.05, 4.69) is 10.6 Å². The van der Waals surface area contributed by atoms with Crippen LogP contribution < -0.4 is 10.6 Å². The lowest BCUT2D eigenvalue weighted by molar-refractivity contribution is 0.0459. The zero-order valence-electron chi connectivity index (χ0n) is 19.6. The topological polar surface area (TPSA) is 114 Å². The van der Waals surface area contributed by atoms with Gasteiger partial charge >= 0.3 is 12.2 Å². The van der Waals surface area contributed by atoms with Gasteiger partial charge in [0.1, 0.15) is 11.2 Å². The number of benzene rings is 1. The number of carbonyl (C=O) groups excluding carboxylic acids is 4. The summed E-state index contributed by atoms with van der Waals surface area (Å²) in [5.74, 6) is -0.790. The number of alkyl carbamates (subject to hydrolysis) is 2. The van der Waals surface area contributed by atoms with Crippen LogP contribution in [0, 0.1) is 0 Å². The second-order valence-electron chi connectivity index (χ2n) is 9.68. The van der Waals surface area contributed by atoms with E-state index < -0.39 is 41.2 Å². The second kappa shape index (κ2) is 10.0. The molecule has 2 rings (SSSR count). The van der Waals surface area contributed by atoms with Gasteiger partial charge in [-0.2, -0.15) is 0 Å². The summed E-state index contributed by atoms with van der Waals surface area (Å²) >= 11 is 0. The Kier molecular flexibility index (Phi) is 7.87. The Morgan fingerprint density at radius 2 is 1.41 bits per heavy atom. The molecule has 32 heavy (non-hydrogen) atoms. The molecule has 0 radical (unpaired) electrons. The minimum absolute atomic E-state index is 0.00196. The highest BCUT2D eigenvalue weighted by Crippen LogP contribution is 2.23. The van der Waals surface area contributed by atoms with E-state index in [1.54, 1.807) is 65.8 Å². The monoisotopic (exact) mass is 447 g/mol. The molecule has 1 aromatic carbocycles. The number of hydrogen-bond acceptors (Lipinski definition) is 6. The molecular formula is C23H33N3O6. The van der Waals surface area contributed by atoms with Crippen molar-refractivity contribution in [2.45, 2.75) is 71.6 Å². The van der Waals surface area contributed by atoms with Gasteiger partial charge in [0.05, 0.1) is 17.2 Å². The van der Waals surface area contributed by atoms with Gasteiger partial charge in [-0.3, -0.25) is 14.5 Å². The minimum Gasteiger partial charge on any atom is -0.444 e. The van der Waals surface area contributed by atoms with Crippen molar-refractivity contribution in [3.05, 3.63) is 35.4 Å². The Morgan fingerprint density at radius 1 is 0.906 bits per heavy atom. The fourth-order valence-electron chi connectivity index (χ4n) is 3.16. The first-order valence-corrected chi connectivity index (χ1v) is 10.7. The van der Waals surface area contributed by atoms with Gasteiger partial charge in [0.2, 0.25) is 0 Å². The fourth-order valence-corrected chi connectivity index (χ4v) is 3.16. The zero-order chi connectivity index (χ0) is 24.1. The first-order valence-electron chi connectivity index (χ1n) is 10.7. The highest BCUT2D eigenvalue weighted by molar-refractivity contribution is 6.21. The van der Waals surface area contributed by atoms with Crippen molar-refractivity contribution in [3.8, 4) is 0 Å². The molecule has 2 N–H and O–H groups in total. The third kappa shape index (κ3) is 7.55. The maximum Gasteiger partial charge on any atom is 0.407 e. The van der Waals surface area contributed by atoms with Gasteiger partial charge < -0.3 is 20.1 Å². The molecule has 1 aliphatic rings. The van der Waals surface area contributed by atoms with Crippen molar-refractivity contribution < 1.29 is 28.7 Å². The molecule has 1 aromatic rings. The highest BCUT2D eigenvalue weighted by atomic mass is 16.6. The average Bonchev–Trinajstić information content (AvgIpc) is 2.87. The fraction of sp³-hybridized carbons (Fsp3) is 0.565. The maximum absolute atomic E-state index is 12.7. The largest absolute Gasteiger partial charge is 0.444 e. The van der Waals surface area contributed by atoms with Crippen molar-refractivity contribution in [1.29, 1.82) is 0 Å². The Morgan fingerprint density at radius 3 is 1.91 bits per heavy atom. The Bertz CT molecular complexity index is 834. The van der Waals surface area contributed by atoms with Crippen molar-refractivity contribution in [2.24, 2.45) is 0 Å². The van der Waals surface area contributed by atoms with E-state index >= 15 is 0 Å². The molecule has 1 aliphatic heterocycles. The first kappa shape index (κ1) is 25.2. The third-order valence-corrected chi connectivity index (χ3v) is 4.40. The molecule has 1 atom stereocenters. The summed E-state index contributed by atoms with van der Waals surface area (Å²) in [4.78, 5) is 50.6. The smallest absolute Gasteiger partial charge is 0.407 e. The number of nitrogens with one attached hydrogen (secondary N) is 2. The molecule has 0 fully saturated rings. The van der Waals surface area contributed by atoms with Gasteiger partial charge in [-0.15, -0.1) is 0 Å². The molecule has 176 valence electrons. The van der Waals surface area contributed by atoms with Gasteiger partial charge in [0.15, 0.2) is 0 Å². The quantitative estimate of drug-likeness (QED) is 0.489. The molecule has 0 spiro atoms. The number of imide groups is 1. The molecular weight excluding hydrogens is 414 g/mol. The molecule has 9 nitrogen and oxygen atoms in total. The molecule has 4 amide bonds. The van der Waals surface area contributed by atoms with E-state index in [1.165, 1.54) is 0 Å². The molecule has 9 heteroatoms. The summed E-state index contributed by atoms with van der Waals surface area (Å²) < 4.78 is 10.5. The third-order valence-electron chi connectivity index (χ3n) is 4.40. The number of nitrogens with zero attached hydrogens (tertiary/aromatic N) is 1. The maximum atomic E-state index is 12.7. The van der Waals surface area contributed by atoms with Crippen LogP contribution >= 0.6 is 0 Å². The van der Waals surface area contributed by atoms with Gasteiger partial charge in [0.25, 0.3) is 11.8 Å². The summed E-state index contributed by atoms with van der Waals surface area (Å²) in [6.07, 6.45) is -0.278. The predicted octanol–water partition coefficient (Wildman–Crippen LogP) is 3.48. The SMILES string of the molecule is CC(C)(C)OC(=O)NCCC[C@@H](CN1C(=O)c2ccccc2C1=O)NC(=O)OC(C)(C)C. The van der Waals surface area contributed by atoms with Crippen molar-refractivity contribution in [1.82, 2.24) is 15.5 Å². The highest BCUT2D eigenvalue weighted by Gasteiger charge is 2.36. The Balaban J connectivity index is 2.00. The summed E-state index contributed by atoms with van der Waals surface area (Å²) in [6.45, 7) is 10.9. The van der Waals surface area contributed by atoms with Crippen LogP contribution in [0.2, 0.25) is 0 Å².